The fourth-order valence-corrected chi connectivity index (χ4v) is 1.52. The molecule has 19 heavy (non-hydrogen) atoms. The van der Waals surface area contributed by atoms with E-state index in [1.165, 1.54) is 18.5 Å². The molecule has 0 aliphatic heterocycles. The third-order valence-corrected chi connectivity index (χ3v) is 2.35. The zero-order valence-electron chi connectivity index (χ0n) is 9.65. The van der Waals surface area contributed by atoms with Gasteiger partial charge in [0.25, 0.3) is 0 Å². The largest absolute Gasteiger partial charge is 0.406 e. The lowest BCUT2D eigenvalue weighted by molar-refractivity contribution is -0.140. The zero-order chi connectivity index (χ0) is 14.0. The first-order valence-corrected chi connectivity index (χ1v) is 5.20. The minimum absolute atomic E-state index is 0.306. The van der Waals surface area contributed by atoms with Gasteiger partial charge >= 0.3 is 6.18 Å². The molecule has 0 aliphatic rings. The molecule has 2 aromatic heterocycles. The molecular weight excluding hydrogens is 261 g/mol. The molecule has 0 unspecified atom stereocenters. The summed E-state index contributed by atoms with van der Waals surface area (Å²) in [7, 11) is 0. The molecule has 0 aromatic carbocycles. The first-order chi connectivity index (χ1) is 8.89. The number of hydrazine groups is 1. The summed E-state index contributed by atoms with van der Waals surface area (Å²) in [5, 5.41) is 0. The number of nitrogens with zero attached hydrogens (tertiary/aromatic N) is 3. The van der Waals surface area contributed by atoms with Crippen LogP contribution >= 0.6 is 0 Å². The molecule has 0 aliphatic carbocycles. The van der Waals surface area contributed by atoms with Crippen LogP contribution in [0.25, 0.3) is 11.4 Å². The predicted molar refractivity (Wildman–Crippen MR) is 63.7 cm³/mol. The van der Waals surface area contributed by atoms with E-state index in [9.17, 15) is 13.2 Å². The lowest BCUT2D eigenvalue weighted by Crippen LogP contribution is -2.16. The van der Waals surface area contributed by atoms with Crippen molar-refractivity contribution in [1.82, 2.24) is 14.5 Å². The Morgan fingerprint density at radius 3 is 2.63 bits per heavy atom. The molecule has 9 heteroatoms. The maximum Gasteiger partial charge on any atom is 0.406 e. The van der Waals surface area contributed by atoms with E-state index in [4.69, 9.17) is 11.6 Å². The first-order valence-electron chi connectivity index (χ1n) is 5.20. The van der Waals surface area contributed by atoms with Crippen molar-refractivity contribution in [3.05, 3.63) is 24.8 Å². The molecule has 2 heterocycles. The number of anilines is 2. The molecule has 0 amide bonds. The number of nitrogen functional groups attached to an aromatic ring is 2. The number of hydrogen-bond donors (Lipinski definition) is 3. The molecule has 0 atom stereocenters. The number of halogens is 3. The lowest BCUT2D eigenvalue weighted by atomic mass is 10.2. The quantitative estimate of drug-likeness (QED) is 0.579. The molecule has 5 N–H and O–H groups in total. The first kappa shape index (κ1) is 13.1. The van der Waals surface area contributed by atoms with Gasteiger partial charge in [-0.25, -0.2) is 4.98 Å². The second-order valence-corrected chi connectivity index (χ2v) is 3.85. The van der Waals surface area contributed by atoms with E-state index in [1.807, 2.05) is 0 Å². The SMILES string of the molecule is NNc1cc(-c2cn(CC(F)(F)F)cn2)ncc1N. The van der Waals surface area contributed by atoms with Crippen LogP contribution in [0.15, 0.2) is 24.8 Å². The molecule has 102 valence electrons. The Morgan fingerprint density at radius 1 is 1.26 bits per heavy atom. The van der Waals surface area contributed by atoms with Gasteiger partial charge in [0, 0.05) is 6.20 Å². The maximum absolute atomic E-state index is 12.2. The topological polar surface area (TPSA) is 94.8 Å². The van der Waals surface area contributed by atoms with Crippen LogP contribution in [0.4, 0.5) is 24.5 Å². The smallest absolute Gasteiger partial charge is 0.396 e. The second-order valence-electron chi connectivity index (χ2n) is 3.85. The average molecular weight is 272 g/mol. The van der Waals surface area contributed by atoms with Crippen LogP contribution in [0.2, 0.25) is 0 Å². The van der Waals surface area contributed by atoms with E-state index in [2.05, 4.69) is 15.4 Å². The fourth-order valence-electron chi connectivity index (χ4n) is 1.52. The Labute approximate surface area is 106 Å². The highest BCUT2D eigenvalue weighted by molar-refractivity contribution is 5.70. The molecule has 0 saturated carbocycles. The van der Waals surface area contributed by atoms with Crippen molar-refractivity contribution < 1.29 is 13.2 Å². The Kier molecular flexibility index (Phi) is 3.30. The molecule has 0 bridgehead atoms. The average Bonchev–Trinajstić information content (AvgIpc) is 2.75. The summed E-state index contributed by atoms with van der Waals surface area (Å²) in [6.45, 7) is -1.10. The van der Waals surface area contributed by atoms with Gasteiger partial charge in [-0.15, -0.1) is 0 Å². The lowest BCUT2D eigenvalue weighted by Gasteiger charge is -2.06. The van der Waals surface area contributed by atoms with E-state index in [1.54, 1.807) is 0 Å². The Bertz CT molecular complexity index is 577. The van der Waals surface area contributed by atoms with Crippen LogP contribution in [-0.2, 0) is 6.54 Å². The molecule has 0 fully saturated rings. The zero-order valence-corrected chi connectivity index (χ0v) is 9.65. The molecule has 0 saturated heterocycles. The van der Waals surface area contributed by atoms with Crippen LogP contribution in [0.1, 0.15) is 0 Å². The van der Waals surface area contributed by atoms with Gasteiger partial charge in [-0.1, -0.05) is 0 Å². The van der Waals surface area contributed by atoms with Crippen LogP contribution < -0.4 is 17.0 Å². The van der Waals surface area contributed by atoms with Crippen molar-refractivity contribution in [2.75, 3.05) is 11.2 Å². The van der Waals surface area contributed by atoms with E-state index >= 15 is 0 Å². The minimum Gasteiger partial charge on any atom is -0.396 e. The summed E-state index contributed by atoms with van der Waals surface area (Å²) >= 11 is 0. The van der Waals surface area contributed by atoms with Crippen molar-refractivity contribution in [3.8, 4) is 11.4 Å². The van der Waals surface area contributed by atoms with Crippen molar-refractivity contribution in [1.29, 1.82) is 0 Å². The van der Waals surface area contributed by atoms with Gasteiger partial charge in [-0.05, 0) is 6.07 Å². The van der Waals surface area contributed by atoms with Crippen molar-refractivity contribution in [3.63, 3.8) is 0 Å². The Balaban J connectivity index is 2.28. The number of aromatic nitrogens is 3. The number of pyridine rings is 1. The Morgan fingerprint density at radius 2 is 2.00 bits per heavy atom. The highest BCUT2D eigenvalue weighted by Crippen LogP contribution is 2.24. The summed E-state index contributed by atoms with van der Waals surface area (Å²) in [4.78, 5) is 7.86. The number of nitrogens with two attached hydrogens (primary N) is 2. The number of alkyl halides is 3. The van der Waals surface area contributed by atoms with E-state index in [-0.39, 0.29) is 0 Å². The van der Waals surface area contributed by atoms with Crippen molar-refractivity contribution in [2.45, 2.75) is 12.7 Å². The molecular formula is C10H11F3N6. The third kappa shape index (κ3) is 3.13. The monoisotopic (exact) mass is 272 g/mol. The molecule has 2 rings (SSSR count). The van der Waals surface area contributed by atoms with E-state index in [0.717, 1.165) is 10.9 Å². The fraction of sp³-hybridized carbons (Fsp3) is 0.200. The summed E-state index contributed by atoms with van der Waals surface area (Å²) in [5.74, 6) is 5.25. The van der Waals surface area contributed by atoms with E-state index < -0.39 is 12.7 Å². The van der Waals surface area contributed by atoms with Gasteiger partial charge < -0.3 is 15.7 Å². The number of nitrogens with one attached hydrogen (secondary N) is 1. The van der Waals surface area contributed by atoms with Gasteiger partial charge in [0.2, 0.25) is 0 Å². The molecule has 2 aromatic rings. The van der Waals surface area contributed by atoms with Gasteiger partial charge in [0.05, 0.1) is 29.6 Å². The molecule has 6 nitrogen and oxygen atoms in total. The summed E-state index contributed by atoms with van der Waals surface area (Å²) < 4.78 is 37.6. The molecule has 0 spiro atoms. The van der Waals surface area contributed by atoms with Crippen LogP contribution in [0.5, 0.6) is 0 Å². The van der Waals surface area contributed by atoms with Crippen LogP contribution in [0.3, 0.4) is 0 Å². The maximum atomic E-state index is 12.2. The number of hydrogen-bond acceptors (Lipinski definition) is 5. The van der Waals surface area contributed by atoms with Gasteiger partial charge in [-0.2, -0.15) is 13.2 Å². The van der Waals surface area contributed by atoms with Crippen LogP contribution in [0, 0.1) is 0 Å². The minimum atomic E-state index is -4.30. The normalized spacial score (nSPS) is 11.6. The number of imidazole rings is 1. The van der Waals surface area contributed by atoms with Gasteiger partial charge in [0.15, 0.2) is 0 Å². The third-order valence-electron chi connectivity index (χ3n) is 2.35. The summed E-state index contributed by atoms with van der Waals surface area (Å²) in [6, 6.07) is 1.51. The van der Waals surface area contributed by atoms with Gasteiger partial charge in [0.1, 0.15) is 12.2 Å². The second kappa shape index (κ2) is 4.76. The molecule has 0 radical (unpaired) electrons. The predicted octanol–water partition coefficient (Wildman–Crippen LogP) is 1.38. The summed E-state index contributed by atoms with van der Waals surface area (Å²) in [6.07, 6.45) is -0.591. The van der Waals surface area contributed by atoms with Crippen molar-refractivity contribution >= 4 is 11.4 Å². The van der Waals surface area contributed by atoms with Crippen molar-refractivity contribution in [2.24, 2.45) is 5.84 Å². The van der Waals surface area contributed by atoms with Crippen LogP contribution in [-0.4, -0.2) is 20.7 Å². The van der Waals surface area contributed by atoms with Gasteiger partial charge in [-0.3, -0.25) is 10.8 Å². The van der Waals surface area contributed by atoms with E-state index in [0.29, 0.717) is 22.8 Å². The standard InChI is InChI=1S/C10H11F3N6/c11-10(12,13)4-19-3-9(17-5-19)8-1-7(18-15)6(14)2-16-8/h1-3,5H,4,14-15H2,(H,16,18). The Hall–Kier alpha value is -2.29. The highest BCUT2D eigenvalue weighted by Gasteiger charge is 2.27. The number of rotatable bonds is 3. The highest BCUT2D eigenvalue weighted by atomic mass is 19.4. The summed E-state index contributed by atoms with van der Waals surface area (Å²) in [5.41, 5.74) is 9.40.